The topological polar surface area (TPSA) is 64.1 Å². The minimum atomic E-state index is -0.660. The average molecular weight is 507 g/mol. The molecule has 35 heavy (non-hydrogen) atoms. The summed E-state index contributed by atoms with van der Waals surface area (Å²) in [5.41, 5.74) is 3.32. The molecule has 6 nitrogen and oxygen atoms in total. The molecule has 2 atom stereocenters. The SMILES string of the molecule is [C-]#[N+]c1ccc([C@H](O)CN2CCN(c3ccc(OCC#N)cc3Cl)[C@H](c3ccc(Cl)cc3)C2)cc1. The third-order valence-electron chi connectivity index (χ3n) is 6.09. The first-order valence-electron chi connectivity index (χ1n) is 11.2. The smallest absolute Gasteiger partial charge is 0.187 e. The molecule has 3 aromatic rings. The van der Waals surface area contributed by atoms with Gasteiger partial charge in [0.15, 0.2) is 12.3 Å². The molecule has 3 aromatic carbocycles. The predicted octanol–water partition coefficient (Wildman–Crippen LogP) is 6.04. The summed E-state index contributed by atoms with van der Waals surface area (Å²) in [4.78, 5) is 7.91. The molecule has 1 aliphatic rings. The van der Waals surface area contributed by atoms with Gasteiger partial charge in [-0.15, -0.1) is 0 Å². The quantitative estimate of drug-likeness (QED) is 0.395. The normalized spacial score (nSPS) is 16.8. The zero-order valence-electron chi connectivity index (χ0n) is 18.9. The molecule has 4 rings (SSSR count). The van der Waals surface area contributed by atoms with Gasteiger partial charge in [0.1, 0.15) is 11.8 Å². The highest BCUT2D eigenvalue weighted by molar-refractivity contribution is 6.33. The number of aliphatic hydroxyl groups is 1. The van der Waals surface area contributed by atoms with Crippen molar-refractivity contribution in [2.75, 3.05) is 37.7 Å². The largest absolute Gasteiger partial charge is 0.479 e. The van der Waals surface area contributed by atoms with Gasteiger partial charge < -0.3 is 14.7 Å². The summed E-state index contributed by atoms with van der Waals surface area (Å²) in [5.74, 6) is 0.550. The summed E-state index contributed by atoms with van der Waals surface area (Å²) >= 11 is 12.8. The van der Waals surface area contributed by atoms with Crippen LogP contribution >= 0.6 is 23.2 Å². The molecule has 0 amide bonds. The van der Waals surface area contributed by atoms with Gasteiger partial charge in [-0.05, 0) is 35.4 Å². The number of ether oxygens (including phenoxy) is 1. The number of β-amino-alcohol motifs (C(OH)–C–C–N with tert-alkyl or cyclic N) is 1. The molecule has 0 unspecified atom stereocenters. The number of hydrogen-bond acceptors (Lipinski definition) is 5. The van der Waals surface area contributed by atoms with E-state index in [0.717, 1.165) is 23.4 Å². The standard InChI is InChI=1S/C27H24Cl2N4O2/c1-31-22-8-4-20(5-9-22)27(34)18-32-13-14-33(26(17-32)19-2-6-21(28)7-3-19)25-11-10-23(16-24(25)29)35-15-12-30/h2-11,16,26-27,34H,13-15,17-18H2/t26-,27+/m0/s1. The molecule has 0 saturated carbocycles. The van der Waals surface area contributed by atoms with Crippen molar-refractivity contribution in [1.29, 1.82) is 5.26 Å². The van der Waals surface area contributed by atoms with Crippen LogP contribution < -0.4 is 9.64 Å². The van der Waals surface area contributed by atoms with Crippen molar-refractivity contribution in [2.24, 2.45) is 0 Å². The van der Waals surface area contributed by atoms with Crippen molar-refractivity contribution in [3.8, 4) is 11.8 Å². The number of rotatable bonds is 7. The van der Waals surface area contributed by atoms with Gasteiger partial charge in [-0.2, -0.15) is 5.26 Å². The van der Waals surface area contributed by atoms with Crippen LogP contribution in [-0.2, 0) is 0 Å². The van der Waals surface area contributed by atoms with Crippen molar-refractivity contribution in [2.45, 2.75) is 12.1 Å². The van der Waals surface area contributed by atoms with E-state index in [1.54, 1.807) is 30.3 Å². The maximum atomic E-state index is 10.8. The lowest BCUT2D eigenvalue weighted by Gasteiger charge is -2.44. The van der Waals surface area contributed by atoms with Crippen molar-refractivity contribution in [3.63, 3.8) is 0 Å². The Balaban J connectivity index is 1.55. The van der Waals surface area contributed by atoms with E-state index < -0.39 is 6.10 Å². The number of anilines is 1. The van der Waals surface area contributed by atoms with Crippen LogP contribution in [0.4, 0.5) is 11.4 Å². The van der Waals surface area contributed by atoms with Gasteiger partial charge in [0.05, 0.1) is 29.4 Å². The van der Waals surface area contributed by atoms with Gasteiger partial charge in [0.2, 0.25) is 0 Å². The molecule has 0 spiro atoms. The second-order valence-corrected chi connectivity index (χ2v) is 9.14. The Labute approximate surface area is 215 Å². The zero-order valence-corrected chi connectivity index (χ0v) is 20.5. The highest BCUT2D eigenvalue weighted by Gasteiger charge is 2.31. The van der Waals surface area contributed by atoms with E-state index in [9.17, 15) is 5.11 Å². The third kappa shape index (κ3) is 6.06. The fourth-order valence-corrected chi connectivity index (χ4v) is 4.72. The molecule has 1 aliphatic heterocycles. The second-order valence-electron chi connectivity index (χ2n) is 8.30. The Morgan fingerprint density at radius 2 is 1.83 bits per heavy atom. The summed E-state index contributed by atoms with van der Waals surface area (Å²) in [6.07, 6.45) is -0.660. The lowest BCUT2D eigenvalue weighted by atomic mass is 10.00. The molecular weight excluding hydrogens is 483 g/mol. The summed E-state index contributed by atoms with van der Waals surface area (Å²) in [5, 5.41) is 20.8. The molecule has 178 valence electrons. The maximum Gasteiger partial charge on any atom is 0.187 e. The Kier molecular flexibility index (Phi) is 8.13. The van der Waals surface area contributed by atoms with Gasteiger partial charge in [-0.1, -0.05) is 59.6 Å². The molecule has 1 N–H and O–H groups in total. The number of hydrogen-bond donors (Lipinski definition) is 1. The van der Waals surface area contributed by atoms with E-state index >= 15 is 0 Å². The van der Waals surface area contributed by atoms with E-state index in [4.69, 9.17) is 39.8 Å². The molecule has 0 bridgehead atoms. The fourth-order valence-electron chi connectivity index (χ4n) is 4.31. The maximum absolute atomic E-state index is 10.8. The summed E-state index contributed by atoms with van der Waals surface area (Å²) in [6, 6.07) is 22.3. The molecule has 1 heterocycles. The van der Waals surface area contributed by atoms with E-state index in [0.29, 0.717) is 41.1 Å². The molecule has 0 aromatic heterocycles. The fraction of sp³-hybridized carbons (Fsp3) is 0.259. The number of piperazine rings is 1. The molecular formula is C27H24Cl2N4O2. The average Bonchev–Trinajstić information content (AvgIpc) is 2.88. The number of benzene rings is 3. The molecule has 0 radical (unpaired) electrons. The van der Waals surface area contributed by atoms with Crippen molar-refractivity contribution < 1.29 is 9.84 Å². The lowest BCUT2D eigenvalue weighted by Crippen LogP contribution is -2.49. The van der Waals surface area contributed by atoms with E-state index in [2.05, 4.69) is 14.6 Å². The van der Waals surface area contributed by atoms with Crippen molar-refractivity contribution >= 4 is 34.6 Å². The van der Waals surface area contributed by atoms with Crippen LogP contribution in [0, 0.1) is 17.9 Å². The second kappa shape index (κ2) is 11.4. The lowest BCUT2D eigenvalue weighted by molar-refractivity contribution is 0.100. The number of nitrogens with zero attached hydrogens (tertiary/aromatic N) is 4. The minimum absolute atomic E-state index is 0.0129. The summed E-state index contributed by atoms with van der Waals surface area (Å²) in [6.45, 7) is 9.67. The first-order chi connectivity index (χ1) is 17.0. The van der Waals surface area contributed by atoms with Gasteiger partial charge >= 0.3 is 0 Å². The summed E-state index contributed by atoms with van der Waals surface area (Å²) in [7, 11) is 0. The number of aliphatic hydroxyl groups excluding tert-OH is 1. The number of halogens is 2. The van der Waals surface area contributed by atoms with Crippen molar-refractivity contribution in [3.05, 3.63) is 99.3 Å². The third-order valence-corrected chi connectivity index (χ3v) is 6.64. The van der Waals surface area contributed by atoms with Gasteiger partial charge in [0.25, 0.3) is 0 Å². The van der Waals surface area contributed by atoms with Crippen LogP contribution in [0.15, 0.2) is 66.7 Å². The van der Waals surface area contributed by atoms with Gasteiger partial charge in [-0.3, -0.25) is 4.90 Å². The highest BCUT2D eigenvalue weighted by atomic mass is 35.5. The van der Waals surface area contributed by atoms with Crippen LogP contribution in [-0.4, -0.2) is 42.8 Å². The van der Waals surface area contributed by atoms with Gasteiger partial charge in [-0.25, -0.2) is 4.85 Å². The molecule has 1 saturated heterocycles. The minimum Gasteiger partial charge on any atom is -0.479 e. The first-order valence-corrected chi connectivity index (χ1v) is 11.9. The summed E-state index contributed by atoms with van der Waals surface area (Å²) < 4.78 is 5.39. The van der Waals surface area contributed by atoms with E-state index in [-0.39, 0.29) is 12.6 Å². The van der Waals surface area contributed by atoms with Crippen LogP contribution in [0.1, 0.15) is 23.3 Å². The first kappa shape index (κ1) is 24.9. The highest BCUT2D eigenvalue weighted by Crippen LogP contribution is 2.37. The Bertz CT molecular complexity index is 1240. The Morgan fingerprint density at radius 1 is 1.09 bits per heavy atom. The van der Waals surface area contributed by atoms with E-state index in [1.807, 2.05) is 42.5 Å². The van der Waals surface area contributed by atoms with Crippen LogP contribution in [0.2, 0.25) is 10.0 Å². The van der Waals surface area contributed by atoms with E-state index in [1.165, 1.54) is 0 Å². The molecule has 0 aliphatic carbocycles. The Hall–Kier alpha value is -3.26. The van der Waals surface area contributed by atoms with Crippen molar-refractivity contribution in [1.82, 2.24) is 4.90 Å². The predicted molar refractivity (Wildman–Crippen MR) is 138 cm³/mol. The number of nitriles is 1. The van der Waals surface area contributed by atoms with Crippen LogP contribution in [0.5, 0.6) is 5.75 Å². The zero-order chi connectivity index (χ0) is 24.8. The Morgan fingerprint density at radius 3 is 2.49 bits per heavy atom. The molecule has 1 fully saturated rings. The monoisotopic (exact) mass is 506 g/mol. The van der Waals surface area contributed by atoms with Crippen LogP contribution in [0.3, 0.4) is 0 Å². The molecule has 8 heteroatoms. The van der Waals surface area contributed by atoms with Crippen LogP contribution in [0.25, 0.3) is 4.85 Å². The van der Waals surface area contributed by atoms with Gasteiger partial charge in [0, 0.05) is 37.3 Å².